The molecule has 0 saturated carbocycles. The second-order valence-electron chi connectivity index (χ2n) is 14.6. The minimum Gasteiger partial charge on any atom is -0.308 e. The molecule has 0 saturated heterocycles. The summed E-state index contributed by atoms with van der Waals surface area (Å²) in [4.78, 5) is 13.5. The molecule has 0 atom stereocenters. The van der Waals surface area contributed by atoms with E-state index in [0.717, 1.165) is 55.6 Å². The van der Waals surface area contributed by atoms with Crippen molar-refractivity contribution >= 4 is 60.3 Å². The van der Waals surface area contributed by atoms with Crippen LogP contribution in [0.25, 0.3) is 88.1 Å². The molecule has 0 aliphatic carbocycles. The molecule has 0 amide bonds. The van der Waals surface area contributed by atoms with Gasteiger partial charge in [0.1, 0.15) is 0 Å². The lowest BCUT2D eigenvalue weighted by atomic mass is 9.87. The fourth-order valence-electron chi connectivity index (χ4n) is 8.91. The van der Waals surface area contributed by atoms with Crippen LogP contribution in [0.3, 0.4) is 0 Å². The summed E-state index contributed by atoms with van der Waals surface area (Å²) in [5, 5.41) is 8.26. The zero-order chi connectivity index (χ0) is 36.6. The molecule has 1 aromatic heterocycles. The topological polar surface area (TPSA) is 29.0 Å². The largest absolute Gasteiger partial charge is 0.308 e. The molecule has 10 aromatic rings. The van der Waals surface area contributed by atoms with Gasteiger partial charge in [-0.1, -0.05) is 146 Å². The molecule has 0 unspecified atom stereocenters. The first-order valence-electron chi connectivity index (χ1n) is 18.9. The van der Waals surface area contributed by atoms with Crippen molar-refractivity contribution in [3.05, 3.63) is 187 Å². The molecular formula is C52H35N3. The van der Waals surface area contributed by atoms with Crippen LogP contribution in [0.5, 0.6) is 0 Å². The second-order valence-corrected chi connectivity index (χ2v) is 14.6. The van der Waals surface area contributed by atoms with E-state index in [1.807, 2.05) is 0 Å². The van der Waals surface area contributed by atoms with Gasteiger partial charge in [-0.15, -0.1) is 0 Å². The Bertz CT molecular complexity index is 3190. The predicted octanol–water partition coefficient (Wildman–Crippen LogP) is 14.2. The molecule has 9 aromatic carbocycles. The molecule has 0 bridgehead atoms. The summed E-state index contributed by atoms with van der Waals surface area (Å²) < 4.78 is 0. The molecule has 258 valence electrons. The maximum atomic E-state index is 5.62. The third kappa shape index (κ3) is 4.83. The molecule has 1 aliphatic rings. The first-order valence-corrected chi connectivity index (χ1v) is 18.9. The lowest BCUT2D eigenvalue weighted by Crippen LogP contribution is -2.16. The Labute approximate surface area is 319 Å². The molecule has 0 fully saturated rings. The number of aryl methyl sites for hydroxylation is 2. The van der Waals surface area contributed by atoms with Crippen molar-refractivity contribution in [2.75, 3.05) is 4.90 Å². The fraction of sp³-hybridized carbons (Fsp3) is 0.0385. The number of aromatic nitrogens is 2. The molecule has 1 aliphatic heterocycles. The van der Waals surface area contributed by atoms with E-state index >= 15 is 0 Å². The minimum atomic E-state index is 0.695. The summed E-state index contributed by atoms with van der Waals surface area (Å²) in [5.41, 5.74) is 14.6. The normalized spacial score (nSPS) is 12.1. The van der Waals surface area contributed by atoms with Gasteiger partial charge in [0.15, 0.2) is 5.82 Å². The van der Waals surface area contributed by atoms with E-state index in [-0.39, 0.29) is 0 Å². The van der Waals surface area contributed by atoms with E-state index in [0.29, 0.717) is 5.82 Å². The van der Waals surface area contributed by atoms with Crippen molar-refractivity contribution in [3.63, 3.8) is 0 Å². The quantitative estimate of drug-likeness (QED) is 0.183. The number of rotatable bonds is 4. The number of para-hydroxylation sites is 1. The Morgan fingerprint density at radius 3 is 1.87 bits per heavy atom. The third-order valence-electron chi connectivity index (χ3n) is 11.4. The summed E-state index contributed by atoms with van der Waals surface area (Å²) >= 11 is 0. The Kier molecular flexibility index (Phi) is 6.99. The zero-order valence-electron chi connectivity index (χ0n) is 30.6. The molecule has 0 radical (unpaired) electrons. The number of benzene rings is 9. The summed E-state index contributed by atoms with van der Waals surface area (Å²) in [5.74, 6) is 0.695. The van der Waals surface area contributed by atoms with Crippen LogP contribution < -0.4 is 4.90 Å². The average Bonchev–Trinajstić information content (AvgIpc) is 3.23. The van der Waals surface area contributed by atoms with Gasteiger partial charge in [0.25, 0.3) is 0 Å². The van der Waals surface area contributed by atoms with Crippen molar-refractivity contribution in [2.45, 2.75) is 13.8 Å². The fourth-order valence-corrected chi connectivity index (χ4v) is 8.91. The van der Waals surface area contributed by atoms with E-state index in [9.17, 15) is 0 Å². The highest BCUT2D eigenvalue weighted by Gasteiger charge is 2.30. The van der Waals surface area contributed by atoms with E-state index in [4.69, 9.17) is 9.97 Å². The maximum absolute atomic E-state index is 5.62. The van der Waals surface area contributed by atoms with Gasteiger partial charge in [0, 0.05) is 27.5 Å². The maximum Gasteiger partial charge on any atom is 0.162 e. The Hall–Kier alpha value is -7.10. The summed E-state index contributed by atoms with van der Waals surface area (Å²) in [6.45, 7) is 4.39. The smallest absolute Gasteiger partial charge is 0.162 e. The van der Waals surface area contributed by atoms with E-state index in [2.05, 4.69) is 195 Å². The zero-order valence-corrected chi connectivity index (χ0v) is 30.6. The molecule has 2 heterocycles. The highest BCUT2D eigenvalue weighted by atomic mass is 15.2. The van der Waals surface area contributed by atoms with Crippen LogP contribution in [-0.4, -0.2) is 9.97 Å². The van der Waals surface area contributed by atoms with Crippen LogP contribution in [0.15, 0.2) is 176 Å². The highest BCUT2D eigenvalue weighted by Crippen LogP contribution is 2.55. The van der Waals surface area contributed by atoms with Gasteiger partial charge in [-0.25, -0.2) is 9.97 Å². The second kappa shape index (κ2) is 12.2. The number of hydrogen-bond donors (Lipinski definition) is 0. The molecule has 3 heteroatoms. The third-order valence-corrected chi connectivity index (χ3v) is 11.4. The van der Waals surface area contributed by atoms with Crippen LogP contribution in [0.1, 0.15) is 11.1 Å². The average molecular weight is 702 g/mol. The van der Waals surface area contributed by atoms with Gasteiger partial charge in [-0.3, -0.25) is 0 Å². The predicted molar refractivity (Wildman–Crippen MR) is 232 cm³/mol. The Morgan fingerprint density at radius 1 is 0.382 bits per heavy atom. The van der Waals surface area contributed by atoms with Crippen molar-refractivity contribution in [1.82, 2.24) is 9.97 Å². The van der Waals surface area contributed by atoms with Crippen LogP contribution in [0, 0.1) is 13.8 Å². The number of fused-ring (bicyclic) bond motifs is 6. The van der Waals surface area contributed by atoms with Crippen molar-refractivity contribution in [1.29, 1.82) is 0 Å². The minimum absolute atomic E-state index is 0.695. The number of hydrogen-bond acceptors (Lipinski definition) is 3. The molecule has 55 heavy (non-hydrogen) atoms. The first kappa shape index (κ1) is 31.4. The van der Waals surface area contributed by atoms with Crippen LogP contribution in [0.2, 0.25) is 0 Å². The molecule has 0 N–H and O–H groups in total. The van der Waals surface area contributed by atoms with Crippen molar-refractivity contribution in [3.8, 4) is 44.9 Å². The lowest BCUT2D eigenvalue weighted by Gasteiger charge is -2.35. The number of nitrogens with zero attached hydrogens (tertiary/aromatic N) is 3. The highest BCUT2D eigenvalue weighted by molar-refractivity contribution is 6.20. The summed E-state index contributed by atoms with van der Waals surface area (Å²) in [7, 11) is 0. The molecule has 11 rings (SSSR count). The van der Waals surface area contributed by atoms with Crippen LogP contribution >= 0.6 is 0 Å². The summed E-state index contributed by atoms with van der Waals surface area (Å²) in [6, 6.07) is 63.6. The van der Waals surface area contributed by atoms with Crippen molar-refractivity contribution in [2.24, 2.45) is 0 Å². The summed E-state index contributed by atoms with van der Waals surface area (Å²) in [6.07, 6.45) is 0. The lowest BCUT2D eigenvalue weighted by molar-refractivity contribution is 1.21. The monoisotopic (exact) mass is 701 g/mol. The SMILES string of the molecule is Cc1ccccc1-c1c(C)cccc1-c1nc(-c2cc3ccccc3cc2N2c3ccc4ccccc4c3-c3cccc4cccc2c34)nc2ccccc12. The van der Waals surface area contributed by atoms with Crippen LogP contribution in [-0.2, 0) is 0 Å². The molecular weight excluding hydrogens is 667 g/mol. The van der Waals surface area contributed by atoms with Gasteiger partial charge in [0.05, 0.1) is 28.3 Å². The van der Waals surface area contributed by atoms with E-state index in [1.165, 1.54) is 54.9 Å². The Morgan fingerprint density at radius 2 is 1.02 bits per heavy atom. The van der Waals surface area contributed by atoms with Crippen LogP contribution in [0.4, 0.5) is 17.1 Å². The van der Waals surface area contributed by atoms with Gasteiger partial charge in [-0.2, -0.15) is 0 Å². The van der Waals surface area contributed by atoms with Gasteiger partial charge >= 0.3 is 0 Å². The van der Waals surface area contributed by atoms with E-state index < -0.39 is 0 Å². The molecule has 3 nitrogen and oxygen atoms in total. The standard InChI is InChI=1S/C52H35N3/c1-32-14-3-7-21-38(32)48-33(2)15-11-25-42(48)51-40-23-9-10-26-44(40)53-52(54-51)43-30-36-17-4-5-18-37(36)31-47(43)55-45-27-13-20-35-19-12-24-41(49(35)45)50-39-22-8-6-16-34(39)28-29-46(50)55/h3-31H,1-2H3. The van der Waals surface area contributed by atoms with E-state index in [1.54, 1.807) is 0 Å². The van der Waals surface area contributed by atoms with Crippen molar-refractivity contribution < 1.29 is 0 Å². The Balaban J connectivity index is 1.25. The van der Waals surface area contributed by atoms with Gasteiger partial charge in [-0.05, 0) is 98.9 Å². The first-order chi connectivity index (χ1) is 27.1. The van der Waals surface area contributed by atoms with Gasteiger partial charge < -0.3 is 4.90 Å². The molecule has 0 spiro atoms. The number of anilines is 3. The van der Waals surface area contributed by atoms with Gasteiger partial charge in [0.2, 0.25) is 0 Å².